The lowest BCUT2D eigenvalue weighted by atomic mass is 10.1. The van der Waals surface area contributed by atoms with Crippen molar-refractivity contribution < 1.29 is 13.2 Å². The van der Waals surface area contributed by atoms with Gasteiger partial charge in [0.05, 0.1) is 17.5 Å². The van der Waals surface area contributed by atoms with Crippen molar-refractivity contribution in [1.29, 1.82) is 0 Å². The fraction of sp³-hybridized carbons (Fsp3) is 0.417. The predicted molar refractivity (Wildman–Crippen MR) is 77.3 cm³/mol. The summed E-state index contributed by atoms with van der Waals surface area (Å²) in [6, 6.07) is 6.36. The SMILES string of the molecule is CNCC(=O)NC(C)c1ccc(S(C)(=O)=O)cc1.Cl. The average Bonchev–Trinajstić information content (AvgIpc) is 2.28. The minimum Gasteiger partial charge on any atom is -0.348 e. The minimum absolute atomic E-state index is 0. The summed E-state index contributed by atoms with van der Waals surface area (Å²) in [6.45, 7) is 2.11. The van der Waals surface area contributed by atoms with Gasteiger partial charge in [0, 0.05) is 6.26 Å². The molecular formula is C12H19ClN2O3S. The number of amides is 1. The van der Waals surface area contributed by atoms with Gasteiger partial charge in [-0.05, 0) is 31.7 Å². The van der Waals surface area contributed by atoms with E-state index in [-0.39, 0.29) is 35.8 Å². The monoisotopic (exact) mass is 306 g/mol. The van der Waals surface area contributed by atoms with Crippen LogP contribution in [-0.4, -0.2) is 34.2 Å². The molecule has 2 N–H and O–H groups in total. The van der Waals surface area contributed by atoms with E-state index in [2.05, 4.69) is 10.6 Å². The number of benzene rings is 1. The molecule has 0 aliphatic rings. The van der Waals surface area contributed by atoms with Crippen LogP contribution in [0.5, 0.6) is 0 Å². The Morgan fingerprint density at radius 3 is 2.21 bits per heavy atom. The van der Waals surface area contributed by atoms with E-state index in [1.165, 1.54) is 6.26 Å². The van der Waals surface area contributed by atoms with Crippen LogP contribution in [0, 0.1) is 0 Å². The number of hydrogen-bond donors (Lipinski definition) is 2. The highest BCUT2D eigenvalue weighted by Crippen LogP contribution is 2.15. The number of likely N-dealkylation sites (N-methyl/N-ethyl adjacent to an activating group) is 1. The van der Waals surface area contributed by atoms with Crippen molar-refractivity contribution in [3.05, 3.63) is 29.8 Å². The van der Waals surface area contributed by atoms with Crippen LogP contribution >= 0.6 is 12.4 Å². The third-order valence-electron chi connectivity index (χ3n) is 2.52. The molecule has 7 heteroatoms. The first-order valence-corrected chi connectivity index (χ1v) is 7.47. The Balaban J connectivity index is 0.00000324. The maximum Gasteiger partial charge on any atom is 0.234 e. The average molecular weight is 307 g/mol. The molecule has 0 aliphatic heterocycles. The maximum atomic E-state index is 11.4. The van der Waals surface area contributed by atoms with Crippen LogP contribution in [0.3, 0.4) is 0 Å². The summed E-state index contributed by atoms with van der Waals surface area (Å²) in [7, 11) is -1.47. The van der Waals surface area contributed by atoms with Gasteiger partial charge >= 0.3 is 0 Å². The molecule has 1 aromatic rings. The van der Waals surface area contributed by atoms with Crippen molar-refractivity contribution in [2.45, 2.75) is 17.9 Å². The molecule has 0 saturated carbocycles. The Morgan fingerprint density at radius 1 is 1.26 bits per heavy atom. The summed E-state index contributed by atoms with van der Waals surface area (Å²) in [5, 5.41) is 5.57. The van der Waals surface area contributed by atoms with Crippen molar-refractivity contribution in [1.82, 2.24) is 10.6 Å². The highest BCUT2D eigenvalue weighted by molar-refractivity contribution is 7.90. The number of carbonyl (C=O) groups is 1. The topological polar surface area (TPSA) is 75.3 Å². The molecule has 5 nitrogen and oxygen atoms in total. The molecule has 1 aromatic carbocycles. The zero-order valence-corrected chi connectivity index (χ0v) is 12.8. The Kier molecular flexibility index (Phi) is 7.04. The first-order valence-electron chi connectivity index (χ1n) is 5.58. The Morgan fingerprint density at radius 2 is 1.79 bits per heavy atom. The maximum absolute atomic E-state index is 11.4. The van der Waals surface area contributed by atoms with Gasteiger partial charge in [-0.1, -0.05) is 12.1 Å². The molecule has 1 atom stereocenters. The molecule has 0 aromatic heterocycles. The fourth-order valence-electron chi connectivity index (χ4n) is 1.54. The van der Waals surface area contributed by atoms with E-state index in [4.69, 9.17) is 0 Å². The molecule has 0 saturated heterocycles. The van der Waals surface area contributed by atoms with Crippen LogP contribution in [0.1, 0.15) is 18.5 Å². The number of carbonyl (C=O) groups excluding carboxylic acids is 1. The molecule has 0 fully saturated rings. The van der Waals surface area contributed by atoms with E-state index in [0.29, 0.717) is 0 Å². The highest BCUT2D eigenvalue weighted by Gasteiger charge is 2.11. The molecular weight excluding hydrogens is 288 g/mol. The third kappa shape index (κ3) is 5.59. The number of hydrogen-bond acceptors (Lipinski definition) is 4. The number of nitrogens with one attached hydrogen (secondary N) is 2. The molecule has 1 rings (SSSR count). The summed E-state index contributed by atoms with van der Waals surface area (Å²) in [4.78, 5) is 11.7. The molecule has 0 heterocycles. The van der Waals surface area contributed by atoms with Crippen LogP contribution in [-0.2, 0) is 14.6 Å². The van der Waals surface area contributed by atoms with Crippen molar-refractivity contribution in [2.24, 2.45) is 0 Å². The first kappa shape index (κ1) is 17.9. The van der Waals surface area contributed by atoms with E-state index < -0.39 is 9.84 Å². The quantitative estimate of drug-likeness (QED) is 0.848. The summed E-state index contributed by atoms with van der Waals surface area (Å²) in [5.74, 6) is -0.0998. The van der Waals surface area contributed by atoms with E-state index >= 15 is 0 Å². The summed E-state index contributed by atoms with van der Waals surface area (Å²) < 4.78 is 22.6. The van der Waals surface area contributed by atoms with Crippen LogP contribution in [0.4, 0.5) is 0 Å². The fourth-order valence-corrected chi connectivity index (χ4v) is 2.17. The highest BCUT2D eigenvalue weighted by atomic mass is 35.5. The van der Waals surface area contributed by atoms with E-state index in [1.807, 2.05) is 6.92 Å². The first-order chi connectivity index (χ1) is 8.34. The van der Waals surface area contributed by atoms with Crippen molar-refractivity contribution in [3.63, 3.8) is 0 Å². The molecule has 0 aliphatic carbocycles. The van der Waals surface area contributed by atoms with Crippen molar-refractivity contribution in [2.75, 3.05) is 19.8 Å². The Labute approximate surface area is 120 Å². The lowest BCUT2D eigenvalue weighted by Gasteiger charge is -2.14. The van der Waals surface area contributed by atoms with Gasteiger partial charge in [0.15, 0.2) is 9.84 Å². The molecule has 108 valence electrons. The standard InChI is InChI=1S/C12H18N2O3S.ClH/c1-9(14-12(15)8-13-2)10-4-6-11(7-5-10)18(3,16)17;/h4-7,9,13H,8H2,1-3H3,(H,14,15);1H. The number of halogens is 1. The summed E-state index contributed by atoms with van der Waals surface area (Å²) >= 11 is 0. The van der Waals surface area contributed by atoms with Gasteiger partial charge in [-0.3, -0.25) is 4.79 Å². The molecule has 1 unspecified atom stereocenters. The van der Waals surface area contributed by atoms with Gasteiger partial charge < -0.3 is 10.6 Å². The molecule has 0 radical (unpaired) electrons. The lowest BCUT2D eigenvalue weighted by molar-refractivity contribution is -0.120. The summed E-state index contributed by atoms with van der Waals surface area (Å²) in [5.41, 5.74) is 0.867. The second kappa shape index (κ2) is 7.47. The van der Waals surface area contributed by atoms with Gasteiger partial charge in [0.1, 0.15) is 0 Å². The van der Waals surface area contributed by atoms with Gasteiger partial charge in [0.2, 0.25) is 5.91 Å². The largest absolute Gasteiger partial charge is 0.348 e. The van der Waals surface area contributed by atoms with Gasteiger partial charge in [-0.15, -0.1) is 12.4 Å². The molecule has 19 heavy (non-hydrogen) atoms. The normalized spacial score (nSPS) is 12.4. The second-order valence-corrected chi connectivity index (χ2v) is 6.18. The second-order valence-electron chi connectivity index (χ2n) is 4.16. The van der Waals surface area contributed by atoms with Crippen LogP contribution in [0.15, 0.2) is 29.2 Å². The third-order valence-corrected chi connectivity index (χ3v) is 3.65. The van der Waals surface area contributed by atoms with Crippen LogP contribution in [0.2, 0.25) is 0 Å². The predicted octanol–water partition coefficient (Wildman–Crippen LogP) is 0.908. The molecule has 1 amide bonds. The minimum atomic E-state index is -3.17. The smallest absolute Gasteiger partial charge is 0.234 e. The summed E-state index contributed by atoms with van der Waals surface area (Å²) in [6.07, 6.45) is 1.17. The van der Waals surface area contributed by atoms with Crippen molar-refractivity contribution in [3.8, 4) is 0 Å². The Bertz CT molecular complexity index is 514. The van der Waals surface area contributed by atoms with Gasteiger partial charge in [0.25, 0.3) is 0 Å². The Hall–Kier alpha value is -1.11. The molecule has 0 bridgehead atoms. The van der Waals surface area contributed by atoms with E-state index in [9.17, 15) is 13.2 Å². The van der Waals surface area contributed by atoms with Crippen molar-refractivity contribution >= 4 is 28.2 Å². The van der Waals surface area contributed by atoms with Gasteiger partial charge in [-0.25, -0.2) is 8.42 Å². The zero-order valence-electron chi connectivity index (χ0n) is 11.1. The van der Waals surface area contributed by atoms with Gasteiger partial charge in [-0.2, -0.15) is 0 Å². The van der Waals surface area contributed by atoms with E-state index in [0.717, 1.165) is 5.56 Å². The number of rotatable bonds is 5. The zero-order chi connectivity index (χ0) is 13.8. The van der Waals surface area contributed by atoms with Crippen LogP contribution in [0.25, 0.3) is 0 Å². The van der Waals surface area contributed by atoms with Crippen LogP contribution < -0.4 is 10.6 Å². The number of sulfone groups is 1. The van der Waals surface area contributed by atoms with E-state index in [1.54, 1.807) is 31.3 Å². The lowest BCUT2D eigenvalue weighted by Crippen LogP contribution is -2.33. The molecule has 0 spiro atoms.